The lowest BCUT2D eigenvalue weighted by molar-refractivity contribution is -0.139. The van der Waals surface area contributed by atoms with E-state index < -0.39 is 12.0 Å². The van der Waals surface area contributed by atoms with E-state index in [1.165, 1.54) is 0 Å². The molecule has 0 saturated carbocycles. The van der Waals surface area contributed by atoms with Crippen LogP contribution in [0.25, 0.3) is 0 Å². The molecule has 0 aliphatic rings. The molecule has 0 amide bonds. The Morgan fingerprint density at radius 3 is 2.39 bits per heavy atom. The van der Waals surface area contributed by atoms with Gasteiger partial charge in [-0.2, -0.15) is 11.8 Å². The van der Waals surface area contributed by atoms with E-state index in [0.717, 1.165) is 17.0 Å². The van der Waals surface area contributed by atoms with Gasteiger partial charge in [-0.3, -0.25) is 9.59 Å². The number of carbonyl (C=O) groups is 2. The minimum Gasteiger partial charge on any atom is -0.480 e. The van der Waals surface area contributed by atoms with Crippen LogP contribution >= 0.6 is 24.4 Å². The average molecular weight is 357 g/mol. The number of hydrogen-bond donors (Lipinski definition) is 3. The van der Waals surface area contributed by atoms with Crippen molar-refractivity contribution in [3.05, 3.63) is 29.8 Å². The first-order valence-corrected chi connectivity index (χ1v) is 8.94. The topological polar surface area (TPSA) is 69.6 Å². The molecule has 23 heavy (non-hydrogen) atoms. The fourth-order valence-corrected chi connectivity index (χ4v) is 2.94. The fourth-order valence-electron chi connectivity index (χ4n) is 1.81. The molecule has 0 aliphatic heterocycles. The lowest BCUT2D eigenvalue weighted by Crippen LogP contribution is -2.41. The lowest BCUT2D eigenvalue weighted by Gasteiger charge is -2.16. The summed E-state index contributed by atoms with van der Waals surface area (Å²) in [6.45, 7) is 2.04. The molecule has 128 valence electrons. The maximum Gasteiger partial charge on any atom is 0.321 e. The first kappa shape index (κ1) is 19.9. The summed E-state index contributed by atoms with van der Waals surface area (Å²) in [7, 11) is 3.98. The Balaban J connectivity index is 2.43. The quantitative estimate of drug-likeness (QED) is 0.558. The second-order valence-electron chi connectivity index (χ2n) is 5.61. The molecule has 1 aromatic rings. The van der Waals surface area contributed by atoms with Crippen molar-refractivity contribution >= 4 is 41.2 Å². The first-order chi connectivity index (χ1) is 10.8. The van der Waals surface area contributed by atoms with E-state index in [4.69, 9.17) is 0 Å². The van der Waals surface area contributed by atoms with Gasteiger partial charge in [0, 0.05) is 43.8 Å². The van der Waals surface area contributed by atoms with Gasteiger partial charge in [0.25, 0.3) is 0 Å². The molecular formula is C16H24N2O3S2. The zero-order chi connectivity index (χ0) is 17.4. The minimum atomic E-state index is -0.903. The van der Waals surface area contributed by atoms with Crippen LogP contribution in [0.5, 0.6) is 0 Å². The van der Waals surface area contributed by atoms with Gasteiger partial charge in [0.2, 0.25) is 0 Å². The smallest absolute Gasteiger partial charge is 0.321 e. The molecule has 0 saturated heterocycles. The summed E-state index contributed by atoms with van der Waals surface area (Å²) in [6, 6.07) is 7.52. The van der Waals surface area contributed by atoms with Crippen LogP contribution in [0.1, 0.15) is 12.5 Å². The third kappa shape index (κ3) is 7.28. The first-order valence-electron chi connectivity index (χ1n) is 7.34. The summed E-state index contributed by atoms with van der Waals surface area (Å²) in [4.78, 5) is 24.4. The Morgan fingerprint density at radius 1 is 1.30 bits per heavy atom. The number of carboxylic acid groups (broad SMARTS) is 1. The van der Waals surface area contributed by atoms with Gasteiger partial charge in [0.15, 0.2) is 5.12 Å². The van der Waals surface area contributed by atoms with Crippen LogP contribution in [0, 0.1) is 5.92 Å². The van der Waals surface area contributed by atoms with E-state index in [1.54, 1.807) is 18.7 Å². The minimum absolute atomic E-state index is 0.240. The molecular weight excluding hydrogens is 332 g/mol. The summed E-state index contributed by atoms with van der Waals surface area (Å²) in [5.41, 5.74) is 2.29. The van der Waals surface area contributed by atoms with E-state index in [1.807, 2.05) is 43.3 Å². The number of nitrogens with zero attached hydrogens (tertiary/aromatic N) is 1. The number of aliphatic carboxylic acids is 1. The highest BCUT2D eigenvalue weighted by molar-refractivity contribution is 7.98. The predicted octanol–water partition coefficient (Wildman–Crippen LogP) is 2.12. The molecule has 1 rings (SSSR count). The number of benzene rings is 1. The van der Waals surface area contributed by atoms with Crippen molar-refractivity contribution in [1.82, 2.24) is 5.32 Å². The third-order valence-corrected chi connectivity index (χ3v) is 4.94. The lowest BCUT2D eigenvalue weighted by atomic mass is 10.2. The highest BCUT2D eigenvalue weighted by Crippen LogP contribution is 2.17. The molecule has 1 unspecified atom stereocenters. The number of hydrogen-bond acceptors (Lipinski definition) is 5. The molecule has 0 radical (unpaired) electrons. The van der Waals surface area contributed by atoms with E-state index in [-0.39, 0.29) is 11.0 Å². The van der Waals surface area contributed by atoms with Gasteiger partial charge >= 0.3 is 5.97 Å². The maximum atomic E-state index is 11.3. The maximum absolute atomic E-state index is 11.3. The van der Waals surface area contributed by atoms with Crippen LogP contribution in [-0.4, -0.2) is 48.6 Å². The molecule has 1 aromatic carbocycles. The summed E-state index contributed by atoms with van der Waals surface area (Å²) >= 11 is 5.31. The number of anilines is 1. The number of carbonyl (C=O) groups excluding carboxylic acids is 1. The summed E-state index contributed by atoms with van der Waals surface area (Å²) < 4.78 is 0. The molecule has 0 bridgehead atoms. The molecule has 0 aliphatic carbocycles. The van der Waals surface area contributed by atoms with Crippen molar-refractivity contribution < 1.29 is 14.7 Å². The second kappa shape index (κ2) is 9.85. The van der Waals surface area contributed by atoms with Gasteiger partial charge in [0.05, 0.1) is 0 Å². The molecule has 0 fully saturated rings. The summed E-state index contributed by atoms with van der Waals surface area (Å²) in [6.07, 6.45) is 0. The number of nitrogens with one attached hydrogen (secondary N) is 1. The van der Waals surface area contributed by atoms with Crippen molar-refractivity contribution in [3.8, 4) is 0 Å². The van der Waals surface area contributed by atoms with E-state index >= 15 is 0 Å². The van der Waals surface area contributed by atoms with E-state index in [0.29, 0.717) is 12.3 Å². The third-order valence-electron chi connectivity index (χ3n) is 3.40. The highest BCUT2D eigenvalue weighted by atomic mass is 32.2. The van der Waals surface area contributed by atoms with Gasteiger partial charge in [-0.1, -0.05) is 19.1 Å². The summed E-state index contributed by atoms with van der Waals surface area (Å²) in [5.74, 6) is -0.0126. The molecule has 0 aromatic heterocycles. The standard InChI is InChI=1S/C16H24N2O3S2/c1-11(16(21)22)8-17-14(15(19)20)10-23-9-12-4-6-13(7-5-12)18(2)3/h4-7,11,14,17H,8-10H2,1-3H3,(H,19,20)(H,21,22)/t11?,14-/m0/s1. The van der Waals surface area contributed by atoms with E-state index in [9.17, 15) is 14.7 Å². The molecule has 2 N–H and O–H groups in total. The van der Waals surface area contributed by atoms with Crippen LogP contribution in [0.3, 0.4) is 0 Å². The Labute approximate surface area is 147 Å². The van der Waals surface area contributed by atoms with Crippen molar-refractivity contribution in [3.63, 3.8) is 0 Å². The fraction of sp³-hybridized carbons (Fsp3) is 0.500. The van der Waals surface area contributed by atoms with Crippen LogP contribution in [0.4, 0.5) is 5.69 Å². The van der Waals surface area contributed by atoms with Crippen LogP contribution < -0.4 is 10.2 Å². The molecule has 0 spiro atoms. The second-order valence-corrected chi connectivity index (χ2v) is 7.09. The highest BCUT2D eigenvalue weighted by Gasteiger charge is 2.19. The molecule has 7 heteroatoms. The molecule has 5 nitrogen and oxygen atoms in total. The monoisotopic (exact) mass is 356 g/mol. The average Bonchev–Trinajstić information content (AvgIpc) is 2.50. The largest absolute Gasteiger partial charge is 0.480 e. The van der Waals surface area contributed by atoms with E-state index in [2.05, 4.69) is 17.9 Å². The number of carboxylic acids is 1. The number of rotatable bonds is 10. The Morgan fingerprint density at radius 2 is 1.91 bits per heavy atom. The Bertz CT molecular complexity index is 521. The number of thiol groups is 1. The SMILES string of the molecule is CC(CN[C@@H](CSCc1ccc(N(C)C)cc1)C(=O)O)C(=O)S. The number of thioether (sulfide) groups is 1. The van der Waals surface area contributed by atoms with Crippen molar-refractivity contribution in [2.45, 2.75) is 18.7 Å². The van der Waals surface area contributed by atoms with Gasteiger partial charge in [-0.25, -0.2) is 0 Å². The van der Waals surface area contributed by atoms with Crippen molar-refractivity contribution in [1.29, 1.82) is 0 Å². The van der Waals surface area contributed by atoms with Crippen molar-refractivity contribution in [2.75, 3.05) is 31.3 Å². The predicted molar refractivity (Wildman–Crippen MR) is 99.5 cm³/mol. The van der Waals surface area contributed by atoms with Gasteiger partial charge in [0.1, 0.15) is 6.04 Å². The summed E-state index contributed by atoms with van der Waals surface area (Å²) in [5, 5.41) is 11.9. The molecule has 0 heterocycles. The van der Waals surface area contributed by atoms with Gasteiger partial charge < -0.3 is 15.3 Å². The van der Waals surface area contributed by atoms with Gasteiger partial charge in [-0.15, -0.1) is 12.6 Å². The normalized spacial score (nSPS) is 13.4. The molecule has 2 atom stereocenters. The van der Waals surface area contributed by atoms with Crippen LogP contribution in [-0.2, 0) is 15.3 Å². The zero-order valence-corrected chi connectivity index (χ0v) is 15.4. The van der Waals surface area contributed by atoms with Crippen molar-refractivity contribution in [2.24, 2.45) is 5.92 Å². The van der Waals surface area contributed by atoms with Crippen LogP contribution in [0.15, 0.2) is 24.3 Å². The Hall–Kier alpha value is -1.18. The van der Waals surface area contributed by atoms with Gasteiger partial charge in [-0.05, 0) is 17.7 Å². The Kier molecular flexibility index (Phi) is 8.51. The van der Waals surface area contributed by atoms with Crippen LogP contribution in [0.2, 0.25) is 0 Å². The zero-order valence-electron chi connectivity index (χ0n) is 13.7.